The summed E-state index contributed by atoms with van der Waals surface area (Å²) >= 11 is 0. The number of likely N-dealkylation sites (tertiary alicyclic amines) is 1. The van der Waals surface area contributed by atoms with E-state index >= 15 is 0 Å². The van der Waals surface area contributed by atoms with Crippen molar-refractivity contribution in [3.05, 3.63) is 29.8 Å². The summed E-state index contributed by atoms with van der Waals surface area (Å²) in [6.07, 6.45) is 8.03. The van der Waals surface area contributed by atoms with Crippen molar-refractivity contribution in [2.75, 3.05) is 38.2 Å². The minimum atomic E-state index is 0.132. The zero-order chi connectivity index (χ0) is 16.9. The molecule has 1 aromatic rings. The number of aliphatic hydroxyl groups excluding tert-OH is 1. The minimum absolute atomic E-state index is 0.132. The fourth-order valence-electron chi connectivity index (χ4n) is 4.28. The number of aliphatic hydroxyl groups is 1. The van der Waals surface area contributed by atoms with Crippen LogP contribution in [0.3, 0.4) is 0 Å². The monoisotopic (exact) mass is 330 g/mol. The first-order chi connectivity index (χ1) is 11.7. The number of likely N-dealkylation sites (N-methyl/N-ethyl adjacent to an activating group) is 1. The molecular weight excluding hydrogens is 300 g/mol. The molecule has 1 aliphatic carbocycles. The van der Waals surface area contributed by atoms with Gasteiger partial charge in [0, 0.05) is 37.9 Å². The van der Waals surface area contributed by atoms with Crippen molar-refractivity contribution in [3.63, 3.8) is 0 Å². The largest absolute Gasteiger partial charge is 0.395 e. The number of rotatable bonds is 5. The zero-order valence-corrected chi connectivity index (χ0v) is 14.8. The molecule has 0 spiro atoms. The second kappa shape index (κ2) is 8.02. The molecule has 0 bridgehead atoms. The lowest BCUT2D eigenvalue weighted by atomic mass is 9.80. The molecule has 3 rings (SSSR count). The first-order valence-electron chi connectivity index (χ1n) is 9.40. The van der Waals surface area contributed by atoms with Crippen LogP contribution in [0, 0.1) is 11.8 Å². The molecular formula is C20H30N2O2. The van der Waals surface area contributed by atoms with E-state index in [9.17, 15) is 4.79 Å². The van der Waals surface area contributed by atoms with Crippen molar-refractivity contribution in [3.8, 4) is 0 Å². The van der Waals surface area contributed by atoms with Gasteiger partial charge in [0.15, 0.2) is 0 Å². The molecule has 1 amide bonds. The fraction of sp³-hybridized carbons (Fsp3) is 0.650. The Morgan fingerprint density at radius 2 is 1.83 bits per heavy atom. The van der Waals surface area contributed by atoms with Gasteiger partial charge in [-0.05, 0) is 42.5 Å². The van der Waals surface area contributed by atoms with Crippen LogP contribution in [-0.4, -0.2) is 49.2 Å². The maximum absolute atomic E-state index is 12.8. The van der Waals surface area contributed by atoms with Gasteiger partial charge in [-0.2, -0.15) is 0 Å². The van der Waals surface area contributed by atoms with Gasteiger partial charge in [0.25, 0.3) is 5.91 Å². The van der Waals surface area contributed by atoms with Gasteiger partial charge in [-0.1, -0.05) is 32.1 Å². The van der Waals surface area contributed by atoms with E-state index in [0.29, 0.717) is 12.5 Å². The highest BCUT2D eigenvalue weighted by Crippen LogP contribution is 2.35. The number of carbonyl (C=O) groups is 1. The highest BCUT2D eigenvalue weighted by Gasteiger charge is 2.32. The van der Waals surface area contributed by atoms with E-state index in [-0.39, 0.29) is 12.5 Å². The van der Waals surface area contributed by atoms with E-state index in [2.05, 4.69) is 0 Å². The predicted molar refractivity (Wildman–Crippen MR) is 97.4 cm³/mol. The number of anilines is 1. The highest BCUT2D eigenvalue weighted by atomic mass is 16.3. The topological polar surface area (TPSA) is 43.8 Å². The Morgan fingerprint density at radius 3 is 2.50 bits per heavy atom. The van der Waals surface area contributed by atoms with Crippen molar-refractivity contribution in [2.45, 2.75) is 38.5 Å². The molecule has 1 N–H and O–H groups in total. The predicted octanol–water partition coefficient (Wildman–Crippen LogP) is 3.16. The Hall–Kier alpha value is -1.55. The molecule has 0 radical (unpaired) electrons. The van der Waals surface area contributed by atoms with Gasteiger partial charge in [0.2, 0.25) is 0 Å². The van der Waals surface area contributed by atoms with E-state index < -0.39 is 0 Å². The fourth-order valence-corrected chi connectivity index (χ4v) is 4.28. The lowest BCUT2D eigenvalue weighted by Gasteiger charge is -2.27. The maximum atomic E-state index is 12.8. The van der Waals surface area contributed by atoms with Crippen molar-refractivity contribution in [1.82, 2.24) is 4.90 Å². The summed E-state index contributed by atoms with van der Waals surface area (Å²) in [4.78, 5) is 16.8. The number of benzene rings is 1. The van der Waals surface area contributed by atoms with E-state index in [4.69, 9.17) is 5.11 Å². The first-order valence-corrected chi connectivity index (χ1v) is 9.40. The van der Waals surface area contributed by atoms with Crippen LogP contribution in [-0.2, 0) is 0 Å². The SMILES string of the molecule is CN(CCO)c1ccc(C(=O)N2CC[C@@H](C3CCCCC3)C2)cc1. The summed E-state index contributed by atoms with van der Waals surface area (Å²) in [5.41, 5.74) is 1.81. The van der Waals surface area contributed by atoms with E-state index in [0.717, 1.165) is 30.3 Å². The van der Waals surface area contributed by atoms with Gasteiger partial charge < -0.3 is 14.9 Å². The van der Waals surface area contributed by atoms with E-state index in [1.54, 1.807) is 0 Å². The van der Waals surface area contributed by atoms with E-state index in [1.165, 1.54) is 38.5 Å². The van der Waals surface area contributed by atoms with Gasteiger partial charge in [-0.15, -0.1) is 0 Å². The molecule has 1 saturated heterocycles. The van der Waals surface area contributed by atoms with Gasteiger partial charge >= 0.3 is 0 Å². The van der Waals surface area contributed by atoms with Crippen molar-refractivity contribution >= 4 is 11.6 Å². The number of hydrogen-bond acceptors (Lipinski definition) is 3. The Bertz CT molecular complexity index is 537. The maximum Gasteiger partial charge on any atom is 0.253 e. The van der Waals surface area contributed by atoms with Crippen molar-refractivity contribution < 1.29 is 9.90 Å². The highest BCUT2D eigenvalue weighted by molar-refractivity contribution is 5.94. The number of amides is 1. The number of nitrogens with zero attached hydrogens (tertiary/aromatic N) is 2. The molecule has 132 valence electrons. The van der Waals surface area contributed by atoms with Crippen LogP contribution in [0.4, 0.5) is 5.69 Å². The Balaban J connectivity index is 1.58. The van der Waals surface area contributed by atoms with Crippen LogP contribution in [0.2, 0.25) is 0 Å². The number of hydrogen-bond donors (Lipinski definition) is 1. The first kappa shape index (κ1) is 17.3. The molecule has 0 aromatic heterocycles. The third-order valence-corrected chi connectivity index (χ3v) is 5.82. The summed E-state index contributed by atoms with van der Waals surface area (Å²) in [7, 11) is 1.95. The molecule has 1 atom stereocenters. The average Bonchev–Trinajstić information content (AvgIpc) is 3.12. The minimum Gasteiger partial charge on any atom is -0.395 e. The smallest absolute Gasteiger partial charge is 0.253 e. The van der Waals surface area contributed by atoms with Gasteiger partial charge in [-0.25, -0.2) is 0 Å². The van der Waals surface area contributed by atoms with Crippen LogP contribution in [0.1, 0.15) is 48.9 Å². The lowest BCUT2D eigenvalue weighted by molar-refractivity contribution is 0.0779. The molecule has 1 heterocycles. The van der Waals surface area contributed by atoms with Gasteiger partial charge in [0.1, 0.15) is 0 Å². The van der Waals surface area contributed by atoms with Crippen LogP contribution in [0.5, 0.6) is 0 Å². The molecule has 0 unspecified atom stereocenters. The van der Waals surface area contributed by atoms with Crippen LogP contribution < -0.4 is 4.90 Å². The van der Waals surface area contributed by atoms with E-state index in [1.807, 2.05) is 41.1 Å². The summed E-state index contributed by atoms with van der Waals surface area (Å²) in [5, 5.41) is 9.01. The molecule has 2 aliphatic rings. The average molecular weight is 330 g/mol. The Labute approximate surface area is 145 Å². The van der Waals surface area contributed by atoms with Crippen LogP contribution in [0.25, 0.3) is 0 Å². The lowest BCUT2D eigenvalue weighted by Crippen LogP contribution is -2.30. The van der Waals surface area contributed by atoms with Crippen LogP contribution in [0.15, 0.2) is 24.3 Å². The van der Waals surface area contributed by atoms with Crippen molar-refractivity contribution in [2.24, 2.45) is 11.8 Å². The molecule has 4 nitrogen and oxygen atoms in total. The summed E-state index contributed by atoms with van der Waals surface area (Å²) in [6, 6.07) is 7.77. The third kappa shape index (κ3) is 3.92. The molecule has 2 fully saturated rings. The second-order valence-electron chi connectivity index (χ2n) is 7.39. The van der Waals surface area contributed by atoms with Crippen molar-refractivity contribution in [1.29, 1.82) is 0 Å². The second-order valence-corrected chi connectivity index (χ2v) is 7.39. The Kier molecular flexibility index (Phi) is 5.77. The summed E-state index contributed by atoms with van der Waals surface area (Å²) in [6.45, 7) is 2.58. The normalized spacial score (nSPS) is 21.9. The van der Waals surface area contributed by atoms with Crippen LogP contribution >= 0.6 is 0 Å². The Morgan fingerprint density at radius 1 is 1.12 bits per heavy atom. The zero-order valence-electron chi connectivity index (χ0n) is 14.8. The summed E-state index contributed by atoms with van der Waals surface area (Å²) < 4.78 is 0. The molecule has 1 aliphatic heterocycles. The number of carbonyl (C=O) groups excluding carboxylic acids is 1. The summed E-state index contributed by atoms with van der Waals surface area (Å²) in [5.74, 6) is 1.72. The molecule has 24 heavy (non-hydrogen) atoms. The quantitative estimate of drug-likeness (QED) is 0.902. The standard InChI is InChI=1S/C20H30N2O2/c1-21(13-14-23)19-9-7-17(8-10-19)20(24)22-12-11-18(15-22)16-5-3-2-4-6-16/h7-10,16,18,23H,2-6,11-15H2,1H3/t18-/m1/s1. The molecule has 4 heteroatoms. The van der Waals surface area contributed by atoms with Gasteiger partial charge in [0.05, 0.1) is 6.61 Å². The van der Waals surface area contributed by atoms with Gasteiger partial charge in [-0.3, -0.25) is 4.79 Å². The third-order valence-electron chi connectivity index (χ3n) is 5.82. The molecule has 1 aromatic carbocycles. The molecule has 1 saturated carbocycles.